The molecule has 0 saturated carbocycles. The number of hydrogen-bond donors (Lipinski definition) is 1. The Balaban J connectivity index is 3.31. The Kier molecular flexibility index (Phi) is 9.86. The summed E-state index contributed by atoms with van der Waals surface area (Å²) in [6.45, 7) is 1.71. The minimum atomic E-state index is -0.347. The van der Waals surface area contributed by atoms with Gasteiger partial charge in [0.15, 0.2) is 0 Å². The summed E-state index contributed by atoms with van der Waals surface area (Å²) in [4.78, 5) is 10.6. The van der Waals surface area contributed by atoms with E-state index in [9.17, 15) is 4.79 Å². The fourth-order valence-corrected chi connectivity index (χ4v) is 0.883. The van der Waals surface area contributed by atoms with E-state index >= 15 is 0 Å². The SMILES string of the molecule is COCCCCN/C=C\C=C\C(=O)OC. The molecule has 86 valence electrons. The van der Waals surface area contributed by atoms with E-state index in [-0.39, 0.29) is 5.97 Å². The molecular weight excluding hydrogens is 194 g/mol. The summed E-state index contributed by atoms with van der Waals surface area (Å²) in [7, 11) is 3.05. The van der Waals surface area contributed by atoms with Crippen LogP contribution in [0.25, 0.3) is 0 Å². The summed E-state index contributed by atoms with van der Waals surface area (Å²) >= 11 is 0. The van der Waals surface area contributed by atoms with Crippen LogP contribution < -0.4 is 5.32 Å². The van der Waals surface area contributed by atoms with E-state index in [2.05, 4.69) is 10.1 Å². The maximum atomic E-state index is 10.6. The summed E-state index contributed by atoms with van der Waals surface area (Å²) in [5, 5.41) is 3.10. The normalized spacial score (nSPS) is 11.1. The molecule has 0 unspecified atom stereocenters. The molecule has 4 nitrogen and oxygen atoms in total. The van der Waals surface area contributed by atoms with Crippen LogP contribution >= 0.6 is 0 Å². The smallest absolute Gasteiger partial charge is 0.330 e. The van der Waals surface area contributed by atoms with Crippen LogP contribution in [0.4, 0.5) is 0 Å². The quantitative estimate of drug-likeness (QED) is 0.285. The third kappa shape index (κ3) is 10.6. The van der Waals surface area contributed by atoms with Gasteiger partial charge in [0, 0.05) is 26.3 Å². The zero-order valence-electron chi connectivity index (χ0n) is 9.36. The van der Waals surface area contributed by atoms with Gasteiger partial charge in [-0.3, -0.25) is 0 Å². The largest absolute Gasteiger partial charge is 0.466 e. The lowest BCUT2D eigenvalue weighted by molar-refractivity contribution is -0.134. The van der Waals surface area contributed by atoms with E-state index in [0.717, 1.165) is 26.0 Å². The molecule has 0 aromatic carbocycles. The minimum Gasteiger partial charge on any atom is -0.466 e. The van der Waals surface area contributed by atoms with E-state index < -0.39 is 0 Å². The van der Waals surface area contributed by atoms with Crippen molar-refractivity contribution in [2.75, 3.05) is 27.4 Å². The van der Waals surface area contributed by atoms with E-state index in [4.69, 9.17) is 4.74 Å². The predicted octanol–water partition coefficient (Wildman–Crippen LogP) is 1.25. The van der Waals surface area contributed by atoms with Crippen molar-refractivity contribution >= 4 is 5.97 Å². The topological polar surface area (TPSA) is 47.6 Å². The molecular formula is C11H19NO3. The van der Waals surface area contributed by atoms with Crippen molar-refractivity contribution < 1.29 is 14.3 Å². The number of ether oxygens (including phenoxy) is 2. The first-order valence-electron chi connectivity index (χ1n) is 4.94. The molecule has 0 amide bonds. The van der Waals surface area contributed by atoms with Gasteiger partial charge in [-0.1, -0.05) is 6.08 Å². The van der Waals surface area contributed by atoms with Gasteiger partial charge in [-0.2, -0.15) is 0 Å². The van der Waals surface area contributed by atoms with Crippen molar-refractivity contribution in [2.24, 2.45) is 0 Å². The number of nitrogens with one attached hydrogen (secondary N) is 1. The summed E-state index contributed by atoms with van der Waals surface area (Å²) in [5.74, 6) is -0.347. The van der Waals surface area contributed by atoms with Crippen molar-refractivity contribution in [3.8, 4) is 0 Å². The van der Waals surface area contributed by atoms with Gasteiger partial charge >= 0.3 is 5.97 Å². The van der Waals surface area contributed by atoms with Crippen LogP contribution in [0.1, 0.15) is 12.8 Å². The molecule has 0 aliphatic heterocycles. The molecule has 0 aromatic rings. The lowest BCUT2D eigenvalue weighted by Gasteiger charge is -1.99. The average Bonchev–Trinajstić information content (AvgIpc) is 2.26. The zero-order valence-corrected chi connectivity index (χ0v) is 9.36. The zero-order chi connectivity index (χ0) is 11.4. The summed E-state index contributed by atoms with van der Waals surface area (Å²) < 4.78 is 9.35. The van der Waals surface area contributed by atoms with Gasteiger partial charge in [-0.25, -0.2) is 4.79 Å². The van der Waals surface area contributed by atoms with Crippen molar-refractivity contribution in [3.63, 3.8) is 0 Å². The van der Waals surface area contributed by atoms with Crippen LogP contribution in [0.3, 0.4) is 0 Å². The molecule has 0 aromatic heterocycles. The first-order valence-corrected chi connectivity index (χ1v) is 4.94. The first-order chi connectivity index (χ1) is 7.31. The molecule has 1 N–H and O–H groups in total. The van der Waals surface area contributed by atoms with E-state index in [1.807, 2.05) is 0 Å². The highest BCUT2D eigenvalue weighted by molar-refractivity contribution is 5.82. The van der Waals surface area contributed by atoms with Crippen LogP contribution in [-0.2, 0) is 14.3 Å². The summed E-state index contributed by atoms with van der Waals surface area (Å²) in [6.07, 6.45) is 8.67. The standard InChI is InChI=1S/C11H19NO3/c1-14-10-6-5-9-12-8-4-3-7-11(13)15-2/h3-4,7-8,12H,5-6,9-10H2,1-2H3/b7-3+,8-4-. The number of unbranched alkanes of at least 4 members (excludes halogenated alkanes) is 1. The van der Waals surface area contributed by atoms with Gasteiger partial charge in [-0.15, -0.1) is 0 Å². The van der Waals surface area contributed by atoms with Gasteiger partial charge in [-0.05, 0) is 25.1 Å². The van der Waals surface area contributed by atoms with Crippen LogP contribution in [0, 0.1) is 0 Å². The number of hydrogen-bond acceptors (Lipinski definition) is 4. The van der Waals surface area contributed by atoms with E-state index in [1.165, 1.54) is 13.2 Å². The molecule has 0 atom stereocenters. The molecule has 0 heterocycles. The lowest BCUT2D eigenvalue weighted by atomic mass is 10.3. The molecule has 0 aliphatic carbocycles. The number of carbonyl (C=O) groups is 1. The van der Waals surface area contributed by atoms with Crippen LogP contribution in [0.5, 0.6) is 0 Å². The summed E-state index contributed by atoms with van der Waals surface area (Å²) in [5.41, 5.74) is 0. The number of allylic oxidation sites excluding steroid dienone is 2. The van der Waals surface area contributed by atoms with Crippen molar-refractivity contribution in [2.45, 2.75) is 12.8 Å². The second-order valence-corrected chi connectivity index (χ2v) is 2.90. The Morgan fingerprint density at radius 3 is 2.73 bits per heavy atom. The van der Waals surface area contributed by atoms with Gasteiger partial charge in [0.25, 0.3) is 0 Å². The second kappa shape index (κ2) is 10.8. The second-order valence-electron chi connectivity index (χ2n) is 2.90. The van der Waals surface area contributed by atoms with Gasteiger partial charge in [0.1, 0.15) is 0 Å². The lowest BCUT2D eigenvalue weighted by Crippen LogP contribution is -2.07. The highest BCUT2D eigenvalue weighted by Gasteiger charge is 1.86. The molecule has 0 aliphatic rings. The fourth-order valence-electron chi connectivity index (χ4n) is 0.883. The van der Waals surface area contributed by atoms with Gasteiger partial charge in [0.05, 0.1) is 7.11 Å². The van der Waals surface area contributed by atoms with E-state index in [0.29, 0.717) is 0 Å². The van der Waals surface area contributed by atoms with E-state index in [1.54, 1.807) is 25.5 Å². The monoisotopic (exact) mass is 213 g/mol. The molecule has 0 fully saturated rings. The van der Waals surface area contributed by atoms with Crippen LogP contribution in [0.15, 0.2) is 24.4 Å². The fraction of sp³-hybridized carbons (Fsp3) is 0.545. The Morgan fingerprint density at radius 1 is 1.27 bits per heavy atom. The third-order valence-corrected chi connectivity index (χ3v) is 1.68. The molecule has 15 heavy (non-hydrogen) atoms. The Morgan fingerprint density at radius 2 is 2.07 bits per heavy atom. The van der Waals surface area contributed by atoms with Crippen LogP contribution in [-0.4, -0.2) is 33.3 Å². The summed E-state index contributed by atoms with van der Waals surface area (Å²) in [6, 6.07) is 0. The predicted molar refractivity (Wildman–Crippen MR) is 59.4 cm³/mol. The number of rotatable bonds is 8. The Bertz CT molecular complexity index is 212. The molecule has 0 radical (unpaired) electrons. The minimum absolute atomic E-state index is 0.347. The van der Waals surface area contributed by atoms with Gasteiger partial charge < -0.3 is 14.8 Å². The molecule has 4 heteroatoms. The van der Waals surface area contributed by atoms with Crippen molar-refractivity contribution in [3.05, 3.63) is 24.4 Å². The molecule has 0 bridgehead atoms. The Hall–Kier alpha value is -1.29. The average molecular weight is 213 g/mol. The number of carbonyl (C=O) groups excluding carboxylic acids is 1. The molecule has 0 spiro atoms. The maximum Gasteiger partial charge on any atom is 0.330 e. The van der Waals surface area contributed by atoms with Crippen LogP contribution in [0.2, 0.25) is 0 Å². The van der Waals surface area contributed by atoms with Crippen molar-refractivity contribution in [1.82, 2.24) is 5.32 Å². The van der Waals surface area contributed by atoms with Gasteiger partial charge in [0.2, 0.25) is 0 Å². The number of esters is 1. The maximum absolute atomic E-state index is 10.6. The first kappa shape index (κ1) is 13.7. The third-order valence-electron chi connectivity index (χ3n) is 1.68. The number of methoxy groups -OCH3 is 2. The van der Waals surface area contributed by atoms with Crippen molar-refractivity contribution in [1.29, 1.82) is 0 Å². The highest BCUT2D eigenvalue weighted by Crippen LogP contribution is 1.86. The Labute approximate surface area is 90.9 Å². The molecule has 0 saturated heterocycles. The molecule has 0 rings (SSSR count). The highest BCUT2D eigenvalue weighted by atomic mass is 16.5.